The third kappa shape index (κ3) is 2.64. The molecule has 26 heavy (non-hydrogen) atoms. The molecule has 4 nitrogen and oxygen atoms in total. The normalized spacial score (nSPS) is 22.9. The number of carbonyl (C=O) groups is 1. The van der Waals surface area contributed by atoms with Crippen molar-refractivity contribution in [2.45, 2.75) is 50.7 Å². The van der Waals surface area contributed by atoms with Crippen molar-refractivity contribution in [3.63, 3.8) is 0 Å². The van der Waals surface area contributed by atoms with Gasteiger partial charge in [0.1, 0.15) is 11.4 Å². The lowest BCUT2D eigenvalue weighted by Crippen LogP contribution is -2.44. The highest BCUT2D eigenvalue weighted by Gasteiger charge is 2.46. The highest BCUT2D eigenvalue weighted by Crippen LogP contribution is 2.40. The summed E-state index contributed by atoms with van der Waals surface area (Å²) in [5.41, 5.74) is 0.541. The second-order valence-corrected chi connectivity index (χ2v) is 7.31. The van der Waals surface area contributed by atoms with Crippen molar-refractivity contribution in [3.05, 3.63) is 64.2 Å². The highest BCUT2D eigenvalue weighted by atomic mass is 19.1. The molecule has 1 N–H and O–H groups in total. The Bertz CT molecular complexity index is 878. The summed E-state index contributed by atoms with van der Waals surface area (Å²) in [4.78, 5) is 17.9. The summed E-state index contributed by atoms with van der Waals surface area (Å²) in [5.74, 6) is -0.515. The van der Waals surface area contributed by atoms with Crippen LogP contribution in [-0.2, 0) is 12.2 Å². The van der Waals surface area contributed by atoms with Crippen LogP contribution in [-0.4, -0.2) is 28.7 Å². The maximum Gasteiger partial charge on any atom is 0.258 e. The van der Waals surface area contributed by atoms with Gasteiger partial charge in [-0.1, -0.05) is 18.9 Å². The highest BCUT2D eigenvalue weighted by molar-refractivity contribution is 6.19. The van der Waals surface area contributed by atoms with E-state index in [0.29, 0.717) is 5.56 Å². The molecule has 0 bridgehead atoms. The van der Waals surface area contributed by atoms with Gasteiger partial charge < -0.3 is 10.0 Å². The Hall–Kier alpha value is -2.21. The minimum absolute atomic E-state index is 0.0832. The van der Waals surface area contributed by atoms with Crippen LogP contribution in [0, 0.1) is 12.7 Å². The van der Waals surface area contributed by atoms with E-state index in [1.807, 2.05) is 13.0 Å². The molecule has 1 aromatic carbocycles. The Labute approximate surface area is 153 Å². The van der Waals surface area contributed by atoms with Gasteiger partial charge in [-0.05, 0) is 55.0 Å². The van der Waals surface area contributed by atoms with E-state index in [9.17, 15) is 14.3 Å². The number of rotatable bonds is 3. The number of nitrogens with zero attached hydrogens (tertiary/aromatic N) is 2. The predicted molar refractivity (Wildman–Crippen MR) is 96.1 cm³/mol. The van der Waals surface area contributed by atoms with Gasteiger partial charge in [-0.3, -0.25) is 9.78 Å². The lowest BCUT2D eigenvalue weighted by atomic mass is 9.86. The number of benzene rings is 1. The van der Waals surface area contributed by atoms with E-state index in [0.717, 1.165) is 41.7 Å². The Balaban J connectivity index is 1.75. The lowest BCUT2D eigenvalue weighted by Gasteiger charge is -2.32. The fourth-order valence-electron chi connectivity index (χ4n) is 4.22. The molecule has 1 amide bonds. The molecule has 4 rings (SSSR count). The quantitative estimate of drug-likeness (QED) is 0.866. The topological polar surface area (TPSA) is 53.4 Å². The smallest absolute Gasteiger partial charge is 0.258 e. The Morgan fingerprint density at radius 1 is 1.38 bits per heavy atom. The molecule has 2 aromatic rings. The van der Waals surface area contributed by atoms with Crippen molar-refractivity contribution < 1.29 is 14.3 Å². The van der Waals surface area contributed by atoms with Crippen molar-refractivity contribution in [1.82, 2.24) is 9.88 Å². The summed E-state index contributed by atoms with van der Waals surface area (Å²) in [6.07, 6.45) is 5.75. The minimum atomic E-state index is -2.04. The molecule has 1 aliphatic carbocycles. The van der Waals surface area contributed by atoms with Crippen LogP contribution in [0.1, 0.15) is 64.3 Å². The molecular formula is C20H20BFN2O2. The van der Waals surface area contributed by atoms with Gasteiger partial charge in [-0.25, -0.2) is 4.39 Å². The summed E-state index contributed by atoms with van der Waals surface area (Å²) in [6, 6.07) is 6.66. The number of aliphatic hydroxyl groups is 1. The van der Waals surface area contributed by atoms with Crippen molar-refractivity contribution in [2.24, 2.45) is 0 Å². The van der Waals surface area contributed by atoms with Crippen molar-refractivity contribution >= 4 is 13.8 Å². The van der Waals surface area contributed by atoms with Crippen LogP contribution in [0.3, 0.4) is 0 Å². The van der Waals surface area contributed by atoms with Crippen molar-refractivity contribution in [2.75, 3.05) is 0 Å². The molecule has 2 radical (unpaired) electrons. The molecule has 132 valence electrons. The average molecular weight is 350 g/mol. The second kappa shape index (κ2) is 6.20. The first-order valence-electron chi connectivity index (χ1n) is 8.97. The zero-order valence-corrected chi connectivity index (χ0v) is 14.7. The minimum Gasteiger partial charge on any atom is -0.374 e. The van der Waals surface area contributed by atoms with Gasteiger partial charge in [0, 0.05) is 11.8 Å². The SMILES string of the molecule is [B]C1(O)c2ncccc2C(=O)N1Cc1c(F)cc(C)cc1C1CCCC1. The molecule has 1 fully saturated rings. The fourth-order valence-corrected chi connectivity index (χ4v) is 4.22. The maximum absolute atomic E-state index is 14.8. The van der Waals surface area contributed by atoms with E-state index in [2.05, 4.69) is 4.98 Å². The number of halogens is 1. The zero-order valence-electron chi connectivity index (χ0n) is 14.7. The van der Waals surface area contributed by atoms with Crippen molar-refractivity contribution in [1.29, 1.82) is 0 Å². The predicted octanol–water partition coefficient (Wildman–Crippen LogP) is 3.11. The van der Waals surface area contributed by atoms with Gasteiger partial charge in [0.2, 0.25) is 0 Å². The monoisotopic (exact) mass is 350 g/mol. The number of aryl methyl sites for hydroxylation is 1. The van der Waals surface area contributed by atoms with E-state index >= 15 is 0 Å². The van der Waals surface area contributed by atoms with E-state index < -0.39 is 11.5 Å². The first-order chi connectivity index (χ1) is 12.4. The lowest BCUT2D eigenvalue weighted by molar-refractivity contribution is -0.0229. The molecule has 0 saturated heterocycles. The van der Waals surface area contributed by atoms with Crippen LogP contribution in [0.25, 0.3) is 0 Å². The summed E-state index contributed by atoms with van der Waals surface area (Å²) < 4.78 is 14.8. The molecule has 1 saturated carbocycles. The van der Waals surface area contributed by atoms with Crippen LogP contribution in [0.2, 0.25) is 0 Å². The third-order valence-corrected chi connectivity index (χ3v) is 5.53. The standard InChI is InChI=1S/C20H20BFN2O2/c1-12-9-15(13-5-2-3-6-13)16(17(22)10-12)11-24-19(25)14-7-4-8-23-18(14)20(24,21)26/h4,7-10,13,26H,2-3,5-6,11H2,1H3. The van der Waals surface area contributed by atoms with Gasteiger partial charge in [0.05, 0.1) is 17.8 Å². The molecule has 6 heteroatoms. The zero-order chi connectivity index (χ0) is 18.5. The fraction of sp³-hybridized carbons (Fsp3) is 0.400. The second-order valence-electron chi connectivity index (χ2n) is 7.31. The van der Waals surface area contributed by atoms with Gasteiger partial charge in [0.25, 0.3) is 5.91 Å². The third-order valence-electron chi connectivity index (χ3n) is 5.53. The largest absolute Gasteiger partial charge is 0.374 e. The summed E-state index contributed by atoms with van der Waals surface area (Å²) in [5, 5.41) is 10.7. The number of carbonyl (C=O) groups excluding carboxylic acids is 1. The molecule has 0 spiro atoms. The van der Waals surface area contributed by atoms with Crippen LogP contribution in [0.4, 0.5) is 4.39 Å². The number of fused-ring (bicyclic) bond motifs is 1. The van der Waals surface area contributed by atoms with Gasteiger partial charge >= 0.3 is 0 Å². The molecule has 1 atom stereocenters. The molecule has 1 aliphatic heterocycles. The van der Waals surface area contributed by atoms with Gasteiger partial charge in [0.15, 0.2) is 7.85 Å². The van der Waals surface area contributed by atoms with Crippen molar-refractivity contribution in [3.8, 4) is 0 Å². The Morgan fingerprint density at radius 2 is 2.12 bits per heavy atom. The number of amides is 1. The number of pyridine rings is 1. The summed E-state index contributed by atoms with van der Waals surface area (Å²) in [6.45, 7) is 1.78. The van der Waals surface area contributed by atoms with Crippen LogP contribution in [0.5, 0.6) is 0 Å². The molecule has 1 aromatic heterocycles. The molecule has 2 heterocycles. The molecule has 2 aliphatic rings. The van der Waals surface area contributed by atoms with E-state index in [1.54, 1.807) is 12.1 Å². The number of hydrogen-bond donors (Lipinski definition) is 1. The average Bonchev–Trinajstić information content (AvgIpc) is 3.19. The maximum atomic E-state index is 14.8. The van der Waals surface area contributed by atoms with Gasteiger partial charge in [-0.15, -0.1) is 0 Å². The molecular weight excluding hydrogens is 330 g/mol. The summed E-state index contributed by atoms with van der Waals surface area (Å²) >= 11 is 0. The molecule has 1 unspecified atom stereocenters. The number of hydrogen-bond acceptors (Lipinski definition) is 3. The van der Waals surface area contributed by atoms with Crippen LogP contribution >= 0.6 is 0 Å². The first-order valence-corrected chi connectivity index (χ1v) is 8.97. The van der Waals surface area contributed by atoms with E-state index in [-0.39, 0.29) is 29.5 Å². The van der Waals surface area contributed by atoms with E-state index in [1.165, 1.54) is 12.3 Å². The number of aromatic nitrogens is 1. The van der Waals surface area contributed by atoms with Crippen LogP contribution in [0.15, 0.2) is 30.5 Å². The first kappa shape index (κ1) is 17.2. The van der Waals surface area contributed by atoms with Gasteiger partial charge in [-0.2, -0.15) is 0 Å². The Kier molecular flexibility index (Phi) is 4.11. The Morgan fingerprint density at radius 3 is 2.81 bits per heavy atom. The van der Waals surface area contributed by atoms with E-state index in [4.69, 9.17) is 7.85 Å². The van der Waals surface area contributed by atoms with Crippen LogP contribution < -0.4 is 0 Å². The summed E-state index contributed by atoms with van der Waals surface area (Å²) in [7, 11) is 6.03.